The van der Waals surface area contributed by atoms with Gasteiger partial charge >= 0.3 is 5.97 Å². The van der Waals surface area contributed by atoms with Crippen LogP contribution in [0.5, 0.6) is 0 Å². The van der Waals surface area contributed by atoms with Crippen LogP contribution in [0, 0.1) is 11.3 Å². The normalized spacial score (nSPS) is 9.47. The molecule has 1 aromatic rings. The Morgan fingerprint density at radius 1 is 1.67 bits per heavy atom. The molecule has 0 atom stereocenters. The van der Waals surface area contributed by atoms with Gasteiger partial charge in [0.1, 0.15) is 6.07 Å². The van der Waals surface area contributed by atoms with E-state index in [9.17, 15) is 4.79 Å². The Morgan fingerprint density at radius 3 is 2.80 bits per heavy atom. The predicted molar refractivity (Wildman–Crippen MR) is 55.4 cm³/mol. The molecule has 0 saturated carbocycles. The second-order valence-electron chi connectivity index (χ2n) is 2.77. The topological polar surface area (TPSA) is 76.1 Å². The molecule has 5 heteroatoms. The van der Waals surface area contributed by atoms with Crippen molar-refractivity contribution in [2.75, 3.05) is 7.11 Å². The summed E-state index contributed by atoms with van der Waals surface area (Å²) in [5, 5.41) is 9.09. The van der Waals surface area contributed by atoms with E-state index in [-0.39, 0.29) is 22.7 Å². The molecular weight excluding hydrogens is 216 g/mol. The lowest BCUT2D eigenvalue weighted by atomic mass is 10.0. The second-order valence-corrected chi connectivity index (χ2v) is 3.15. The van der Waals surface area contributed by atoms with Gasteiger partial charge in [-0.2, -0.15) is 5.26 Å². The summed E-state index contributed by atoms with van der Waals surface area (Å²) >= 11 is 5.90. The van der Waals surface area contributed by atoms with E-state index in [1.54, 1.807) is 6.07 Å². The average molecular weight is 225 g/mol. The molecule has 0 bridgehead atoms. The number of carbonyl (C=O) groups excluding carboxylic acids is 1. The number of ether oxygens (including phenoxy) is 1. The van der Waals surface area contributed by atoms with Crippen molar-refractivity contribution in [3.63, 3.8) is 0 Å². The summed E-state index contributed by atoms with van der Waals surface area (Å²) in [5.74, 6) is -0.586. The number of hydrogen-bond donors (Lipinski definition) is 1. The van der Waals surface area contributed by atoms with Gasteiger partial charge in [0, 0.05) is 6.54 Å². The summed E-state index contributed by atoms with van der Waals surface area (Å²) < 4.78 is 4.53. The Labute approximate surface area is 92.2 Å². The Kier molecular flexibility index (Phi) is 3.67. The maximum atomic E-state index is 11.3. The standard InChI is InChI=1S/C10H9ClN2O2/c1-15-10(14)7-3-2-6(4-12)9(11)8(7)5-13/h2-3H,4,12H2,1H3. The minimum atomic E-state index is -0.586. The van der Waals surface area contributed by atoms with Gasteiger partial charge in [0.2, 0.25) is 0 Å². The zero-order valence-electron chi connectivity index (χ0n) is 8.08. The van der Waals surface area contributed by atoms with E-state index >= 15 is 0 Å². The van der Waals surface area contributed by atoms with Crippen molar-refractivity contribution in [1.29, 1.82) is 5.26 Å². The maximum Gasteiger partial charge on any atom is 0.339 e. The van der Waals surface area contributed by atoms with Crippen molar-refractivity contribution in [3.05, 3.63) is 33.8 Å². The van der Waals surface area contributed by atoms with Crippen LogP contribution < -0.4 is 5.73 Å². The van der Waals surface area contributed by atoms with Crippen molar-refractivity contribution in [2.45, 2.75) is 6.54 Å². The number of hydrogen-bond acceptors (Lipinski definition) is 4. The van der Waals surface area contributed by atoms with E-state index < -0.39 is 5.97 Å². The molecule has 1 rings (SSSR count). The molecule has 0 aliphatic carbocycles. The first-order chi connectivity index (χ1) is 7.15. The summed E-state index contributed by atoms with van der Waals surface area (Å²) in [5.41, 5.74) is 6.31. The molecule has 0 amide bonds. The third-order valence-electron chi connectivity index (χ3n) is 1.96. The Morgan fingerprint density at radius 2 is 2.33 bits per heavy atom. The highest BCUT2D eigenvalue weighted by Gasteiger charge is 2.16. The fourth-order valence-electron chi connectivity index (χ4n) is 1.17. The third kappa shape index (κ3) is 2.09. The number of nitrogens with two attached hydrogens (primary N) is 1. The van der Waals surface area contributed by atoms with Crippen LogP contribution in [0.1, 0.15) is 21.5 Å². The molecule has 0 aliphatic rings. The van der Waals surface area contributed by atoms with Gasteiger partial charge in [-0.05, 0) is 11.6 Å². The zero-order chi connectivity index (χ0) is 11.4. The monoisotopic (exact) mass is 224 g/mol. The van der Waals surface area contributed by atoms with Crippen molar-refractivity contribution in [3.8, 4) is 6.07 Å². The molecule has 0 unspecified atom stereocenters. The number of halogens is 1. The van der Waals surface area contributed by atoms with Gasteiger partial charge in [-0.25, -0.2) is 4.79 Å². The first kappa shape index (κ1) is 11.5. The smallest absolute Gasteiger partial charge is 0.339 e. The molecule has 0 aromatic heterocycles. The first-order valence-corrected chi connectivity index (χ1v) is 4.53. The number of carbonyl (C=O) groups is 1. The first-order valence-electron chi connectivity index (χ1n) is 4.15. The summed E-state index contributed by atoms with van der Waals surface area (Å²) in [6.07, 6.45) is 0. The fraction of sp³-hybridized carbons (Fsp3) is 0.200. The van der Waals surface area contributed by atoms with Gasteiger partial charge in [0.25, 0.3) is 0 Å². The fourth-order valence-corrected chi connectivity index (χ4v) is 1.45. The molecule has 0 fully saturated rings. The third-order valence-corrected chi connectivity index (χ3v) is 2.39. The Balaban J connectivity index is 3.39. The van der Waals surface area contributed by atoms with E-state index in [1.165, 1.54) is 13.2 Å². The predicted octanol–water partition coefficient (Wildman–Crippen LogP) is 1.46. The molecule has 1 aromatic carbocycles. The van der Waals surface area contributed by atoms with E-state index in [2.05, 4.69) is 4.74 Å². The molecule has 15 heavy (non-hydrogen) atoms. The highest BCUT2D eigenvalue weighted by atomic mass is 35.5. The van der Waals surface area contributed by atoms with Gasteiger partial charge in [-0.1, -0.05) is 17.7 Å². The lowest BCUT2D eigenvalue weighted by Crippen LogP contribution is -2.07. The van der Waals surface area contributed by atoms with Crippen LogP contribution in [-0.2, 0) is 11.3 Å². The van der Waals surface area contributed by atoms with Crippen LogP contribution in [0.4, 0.5) is 0 Å². The number of nitrogens with zero attached hydrogens (tertiary/aromatic N) is 1. The molecule has 78 valence electrons. The van der Waals surface area contributed by atoms with E-state index in [0.717, 1.165) is 0 Å². The molecule has 0 aliphatic heterocycles. The van der Waals surface area contributed by atoms with Crippen LogP contribution in [0.15, 0.2) is 12.1 Å². The van der Waals surface area contributed by atoms with E-state index in [4.69, 9.17) is 22.6 Å². The van der Waals surface area contributed by atoms with Crippen molar-refractivity contribution in [1.82, 2.24) is 0 Å². The Bertz CT molecular complexity index is 438. The van der Waals surface area contributed by atoms with Gasteiger partial charge in [0.15, 0.2) is 0 Å². The van der Waals surface area contributed by atoms with Crippen LogP contribution in [0.3, 0.4) is 0 Å². The summed E-state index contributed by atoms with van der Waals surface area (Å²) in [6, 6.07) is 4.96. The van der Waals surface area contributed by atoms with Gasteiger partial charge in [0.05, 0.1) is 23.3 Å². The second kappa shape index (κ2) is 4.78. The average Bonchev–Trinajstić information content (AvgIpc) is 2.27. The molecule has 0 heterocycles. The van der Waals surface area contributed by atoms with Crippen LogP contribution in [-0.4, -0.2) is 13.1 Å². The van der Waals surface area contributed by atoms with Gasteiger partial charge < -0.3 is 10.5 Å². The molecule has 2 N–H and O–H groups in total. The van der Waals surface area contributed by atoms with Crippen LogP contribution >= 0.6 is 11.6 Å². The molecular formula is C10H9ClN2O2. The van der Waals surface area contributed by atoms with Gasteiger partial charge in [-0.3, -0.25) is 0 Å². The lowest BCUT2D eigenvalue weighted by Gasteiger charge is -2.07. The largest absolute Gasteiger partial charge is 0.465 e. The summed E-state index contributed by atoms with van der Waals surface area (Å²) in [7, 11) is 1.24. The van der Waals surface area contributed by atoms with Crippen molar-refractivity contribution in [2.24, 2.45) is 5.73 Å². The highest BCUT2D eigenvalue weighted by Crippen LogP contribution is 2.24. The summed E-state index contributed by atoms with van der Waals surface area (Å²) in [4.78, 5) is 11.3. The molecule has 0 saturated heterocycles. The summed E-state index contributed by atoms with van der Waals surface area (Å²) in [6.45, 7) is 0.217. The quantitative estimate of drug-likeness (QED) is 0.772. The molecule has 0 radical (unpaired) electrons. The van der Waals surface area contributed by atoms with E-state index in [0.29, 0.717) is 5.56 Å². The maximum absolute atomic E-state index is 11.3. The number of rotatable bonds is 2. The van der Waals surface area contributed by atoms with Crippen molar-refractivity contribution >= 4 is 17.6 Å². The Hall–Kier alpha value is -1.57. The van der Waals surface area contributed by atoms with E-state index in [1.807, 2.05) is 6.07 Å². The van der Waals surface area contributed by atoms with Crippen LogP contribution in [0.2, 0.25) is 5.02 Å². The minimum absolute atomic E-state index is 0.103. The number of esters is 1. The zero-order valence-corrected chi connectivity index (χ0v) is 8.84. The number of methoxy groups -OCH3 is 1. The number of benzene rings is 1. The van der Waals surface area contributed by atoms with Gasteiger partial charge in [-0.15, -0.1) is 0 Å². The molecule has 4 nitrogen and oxygen atoms in total. The lowest BCUT2D eigenvalue weighted by molar-refractivity contribution is 0.0600. The highest BCUT2D eigenvalue weighted by molar-refractivity contribution is 6.33. The number of nitriles is 1. The SMILES string of the molecule is COC(=O)c1ccc(CN)c(Cl)c1C#N. The van der Waals surface area contributed by atoms with Crippen LogP contribution in [0.25, 0.3) is 0 Å². The minimum Gasteiger partial charge on any atom is -0.465 e. The molecule has 0 spiro atoms. The van der Waals surface area contributed by atoms with Crippen molar-refractivity contribution < 1.29 is 9.53 Å².